The van der Waals surface area contributed by atoms with E-state index in [0.717, 1.165) is 18.5 Å². The third-order valence-corrected chi connectivity index (χ3v) is 5.92. The molecule has 0 atom stereocenters. The van der Waals surface area contributed by atoms with Crippen LogP contribution in [0.4, 0.5) is 0 Å². The summed E-state index contributed by atoms with van der Waals surface area (Å²) in [6.07, 6.45) is 1.91. The first kappa shape index (κ1) is 15.5. The van der Waals surface area contributed by atoms with Crippen LogP contribution in [0.15, 0.2) is 16.9 Å². The van der Waals surface area contributed by atoms with Gasteiger partial charge in [0.15, 0.2) is 0 Å². The van der Waals surface area contributed by atoms with Crippen LogP contribution >= 0.6 is 0 Å². The van der Waals surface area contributed by atoms with Gasteiger partial charge in [0.25, 0.3) is 15.8 Å². The molecule has 2 aliphatic rings. The van der Waals surface area contributed by atoms with Crippen molar-refractivity contribution in [2.24, 2.45) is 0 Å². The number of ether oxygens (including phenoxy) is 1. The van der Waals surface area contributed by atoms with Crippen LogP contribution in [0.25, 0.3) is 0 Å². The Balaban J connectivity index is 1.65. The summed E-state index contributed by atoms with van der Waals surface area (Å²) < 4.78 is 33.9. The van der Waals surface area contributed by atoms with Crippen molar-refractivity contribution in [1.29, 1.82) is 0 Å². The number of nitrogens with zero attached hydrogens (tertiary/aromatic N) is 3. The Morgan fingerprint density at radius 1 is 1.23 bits per heavy atom. The summed E-state index contributed by atoms with van der Waals surface area (Å²) in [5.41, 5.74) is 0.844. The number of hydrogen-bond acceptors (Lipinski definition) is 4. The van der Waals surface area contributed by atoms with Crippen molar-refractivity contribution >= 4 is 10.2 Å². The average Bonchev–Trinajstić information content (AvgIpc) is 3.16. The quantitative estimate of drug-likeness (QED) is 0.783. The first-order valence-corrected chi connectivity index (χ1v) is 8.76. The van der Waals surface area contributed by atoms with Crippen LogP contribution in [-0.2, 0) is 10.2 Å². The predicted octanol–water partition coefficient (Wildman–Crippen LogP) is 0.361. The predicted molar refractivity (Wildman–Crippen MR) is 82.3 cm³/mol. The van der Waals surface area contributed by atoms with Crippen LogP contribution in [0.1, 0.15) is 24.6 Å². The molecule has 1 aromatic heterocycles. The summed E-state index contributed by atoms with van der Waals surface area (Å²) in [5, 5.41) is 0. The molecule has 0 bridgehead atoms. The summed E-state index contributed by atoms with van der Waals surface area (Å²) in [6.45, 7) is 2.52. The molecule has 1 saturated heterocycles. The molecule has 0 N–H and O–H groups in total. The summed E-state index contributed by atoms with van der Waals surface area (Å²) in [7, 11) is -0.362. The van der Waals surface area contributed by atoms with Gasteiger partial charge in [0.1, 0.15) is 11.9 Å². The number of aryl methyl sites for hydroxylation is 1. The monoisotopic (exact) mass is 327 g/mol. The van der Waals surface area contributed by atoms with Crippen LogP contribution in [-0.4, -0.2) is 54.9 Å². The van der Waals surface area contributed by atoms with Gasteiger partial charge in [-0.2, -0.15) is 17.0 Å². The molecule has 3 rings (SSSR count). The maximum atomic E-state index is 12.1. The standard InChI is InChI=1S/C14H21N3O4S/c1-10-6-12(7-14(18)17(10)11-4-5-11)21-13-8-16(9-13)22(19,20)15(2)3/h6-7,11,13H,4-5,8-9H2,1-3H3. The van der Waals surface area contributed by atoms with Gasteiger partial charge in [-0.05, 0) is 25.8 Å². The maximum absolute atomic E-state index is 12.1. The van der Waals surface area contributed by atoms with Crippen LogP contribution in [0.3, 0.4) is 0 Å². The molecular weight excluding hydrogens is 306 g/mol. The third-order valence-electron chi connectivity index (χ3n) is 4.05. The van der Waals surface area contributed by atoms with Gasteiger partial charge in [-0.1, -0.05) is 0 Å². The molecule has 0 amide bonds. The molecule has 8 heteroatoms. The molecule has 1 aliphatic carbocycles. The van der Waals surface area contributed by atoms with Crippen molar-refractivity contribution in [3.8, 4) is 5.75 Å². The van der Waals surface area contributed by atoms with Gasteiger partial charge >= 0.3 is 0 Å². The van der Waals surface area contributed by atoms with Gasteiger partial charge in [0, 0.05) is 31.9 Å². The van der Waals surface area contributed by atoms with E-state index in [-0.39, 0.29) is 11.7 Å². The van der Waals surface area contributed by atoms with E-state index in [1.807, 2.05) is 13.0 Å². The first-order valence-electron chi connectivity index (χ1n) is 7.36. The Morgan fingerprint density at radius 2 is 1.86 bits per heavy atom. The Morgan fingerprint density at radius 3 is 2.36 bits per heavy atom. The Kier molecular flexibility index (Phi) is 3.78. The molecule has 22 heavy (non-hydrogen) atoms. The van der Waals surface area contributed by atoms with Crippen molar-refractivity contribution in [3.63, 3.8) is 0 Å². The fourth-order valence-corrected chi connectivity index (χ4v) is 3.81. The van der Waals surface area contributed by atoms with Crippen LogP contribution in [0.5, 0.6) is 5.75 Å². The third kappa shape index (κ3) is 2.78. The van der Waals surface area contributed by atoms with Crippen molar-refractivity contribution in [2.45, 2.75) is 31.9 Å². The van der Waals surface area contributed by atoms with Crippen molar-refractivity contribution in [3.05, 3.63) is 28.2 Å². The van der Waals surface area contributed by atoms with E-state index in [2.05, 4.69) is 0 Å². The fraction of sp³-hybridized carbons (Fsp3) is 0.643. The zero-order valence-corrected chi connectivity index (χ0v) is 13.8. The molecule has 0 aromatic carbocycles. The number of pyridine rings is 1. The fourth-order valence-electron chi connectivity index (χ4n) is 2.64. The highest BCUT2D eigenvalue weighted by molar-refractivity contribution is 7.86. The van der Waals surface area contributed by atoms with E-state index >= 15 is 0 Å². The molecule has 0 radical (unpaired) electrons. The summed E-state index contributed by atoms with van der Waals surface area (Å²) in [5.74, 6) is 0.520. The Bertz CT molecular complexity index is 731. The van der Waals surface area contributed by atoms with Crippen LogP contribution < -0.4 is 10.3 Å². The normalized spacial score (nSPS) is 20.2. The van der Waals surface area contributed by atoms with Gasteiger partial charge in [0.2, 0.25) is 0 Å². The van der Waals surface area contributed by atoms with Crippen LogP contribution in [0, 0.1) is 6.92 Å². The van der Waals surface area contributed by atoms with Crippen molar-refractivity contribution < 1.29 is 13.2 Å². The topological polar surface area (TPSA) is 71.8 Å². The minimum atomic E-state index is -3.37. The van der Waals surface area contributed by atoms with E-state index in [1.165, 1.54) is 28.8 Å². The molecule has 1 aliphatic heterocycles. The van der Waals surface area contributed by atoms with E-state index in [0.29, 0.717) is 24.9 Å². The summed E-state index contributed by atoms with van der Waals surface area (Å²) in [6, 6.07) is 3.68. The minimum absolute atomic E-state index is 0.0467. The zero-order chi connectivity index (χ0) is 16.1. The van der Waals surface area contributed by atoms with Crippen molar-refractivity contribution in [1.82, 2.24) is 13.2 Å². The number of hydrogen-bond donors (Lipinski definition) is 0. The second-order valence-corrected chi connectivity index (χ2v) is 8.26. The van der Waals surface area contributed by atoms with Gasteiger partial charge in [-0.3, -0.25) is 4.79 Å². The smallest absolute Gasteiger partial charge is 0.281 e. The highest BCUT2D eigenvalue weighted by Crippen LogP contribution is 2.35. The summed E-state index contributed by atoms with van der Waals surface area (Å²) >= 11 is 0. The number of rotatable bonds is 5. The van der Waals surface area contributed by atoms with Crippen molar-refractivity contribution in [2.75, 3.05) is 27.2 Å². The molecule has 7 nitrogen and oxygen atoms in total. The molecule has 122 valence electrons. The highest BCUT2D eigenvalue weighted by Gasteiger charge is 2.38. The first-order chi connectivity index (χ1) is 10.3. The number of aromatic nitrogens is 1. The molecule has 1 saturated carbocycles. The van der Waals surface area contributed by atoms with E-state index < -0.39 is 10.2 Å². The van der Waals surface area contributed by atoms with E-state index in [1.54, 1.807) is 4.57 Å². The lowest BCUT2D eigenvalue weighted by Gasteiger charge is -2.39. The second-order valence-electron chi connectivity index (χ2n) is 6.12. The van der Waals surface area contributed by atoms with E-state index in [4.69, 9.17) is 4.74 Å². The molecule has 2 fully saturated rings. The molecule has 2 heterocycles. The lowest BCUT2D eigenvalue weighted by molar-refractivity contribution is 0.0724. The maximum Gasteiger partial charge on any atom is 0.281 e. The highest BCUT2D eigenvalue weighted by atomic mass is 32.2. The molecule has 0 spiro atoms. The van der Waals surface area contributed by atoms with Gasteiger partial charge in [-0.25, -0.2) is 0 Å². The minimum Gasteiger partial charge on any atom is -0.487 e. The van der Waals surface area contributed by atoms with E-state index in [9.17, 15) is 13.2 Å². The summed E-state index contributed by atoms with van der Waals surface area (Å²) in [4.78, 5) is 12.1. The second kappa shape index (κ2) is 5.36. The van der Waals surface area contributed by atoms with Gasteiger partial charge in [0.05, 0.1) is 13.1 Å². The average molecular weight is 327 g/mol. The van der Waals surface area contributed by atoms with Gasteiger partial charge < -0.3 is 9.30 Å². The zero-order valence-electron chi connectivity index (χ0n) is 13.0. The molecule has 1 aromatic rings. The van der Waals surface area contributed by atoms with Gasteiger partial charge in [-0.15, -0.1) is 0 Å². The Hall–Kier alpha value is -1.38. The largest absolute Gasteiger partial charge is 0.487 e. The SMILES string of the molecule is Cc1cc(OC2CN(S(=O)(=O)N(C)C)C2)cc(=O)n1C1CC1. The van der Waals surface area contributed by atoms with Crippen LogP contribution in [0.2, 0.25) is 0 Å². The Labute approximate surface area is 130 Å². The molecule has 0 unspecified atom stereocenters. The lowest BCUT2D eigenvalue weighted by atomic mass is 10.2. The molecular formula is C14H21N3O4S. The lowest BCUT2D eigenvalue weighted by Crippen LogP contribution is -2.58.